The van der Waals surface area contributed by atoms with E-state index in [-0.39, 0.29) is 66.4 Å². The molecule has 10 nitrogen and oxygen atoms in total. The van der Waals surface area contributed by atoms with Gasteiger partial charge in [-0.2, -0.15) is 0 Å². The standard InChI is InChI=1S/3C8H14O3.C2H6O.Zr/c3*1-8(2,3)5-6(9)4-7(10)11;1-2-3;/h3*4-5H2,1-3H3,(H,10,11);3H,2H2,1H3;/q;;;;+3/p-3. The SMILES string of the molecule is CC(C)(C)CC(=O)CC(=O)[O-].CC(C)(C)CC(=O)CC(=O)[O-].CC(C)(C)CC(=O)CC(=O)[O-].CCO.[Zr+3]. The first-order valence-corrected chi connectivity index (χ1v) is 11.6. The monoisotopic (exact) mass is 607 g/mol. The number of hydrogen-bond acceptors (Lipinski definition) is 10. The third-order valence-corrected chi connectivity index (χ3v) is 3.21. The van der Waals surface area contributed by atoms with Crippen LogP contribution in [0.3, 0.4) is 0 Å². The van der Waals surface area contributed by atoms with Gasteiger partial charge in [-0.05, 0) is 23.2 Å². The summed E-state index contributed by atoms with van der Waals surface area (Å²) in [4.78, 5) is 62.4. The van der Waals surface area contributed by atoms with Crippen LogP contribution < -0.4 is 15.3 Å². The summed E-state index contributed by atoms with van der Waals surface area (Å²) >= 11 is 0. The van der Waals surface area contributed by atoms with Crippen LogP contribution in [0.2, 0.25) is 0 Å². The van der Waals surface area contributed by atoms with Crippen LogP contribution >= 0.6 is 0 Å². The molecule has 0 amide bonds. The van der Waals surface area contributed by atoms with Crippen molar-refractivity contribution in [2.75, 3.05) is 6.61 Å². The van der Waals surface area contributed by atoms with Crippen molar-refractivity contribution < 1.29 is 75.4 Å². The molecule has 0 fully saturated rings. The minimum atomic E-state index is -1.29. The summed E-state index contributed by atoms with van der Waals surface area (Å²) in [6.07, 6.45) is -0.505. The zero-order valence-electron chi connectivity index (χ0n) is 24.1. The zero-order valence-corrected chi connectivity index (χ0v) is 26.5. The number of carboxylic acid groups (broad SMARTS) is 3. The van der Waals surface area contributed by atoms with Gasteiger partial charge in [-0.25, -0.2) is 0 Å². The van der Waals surface area contributed by atoms with Crippen LogP contribution in [0.1, 0.15) is 108 Å². The van der Waals surface area contributed by atoms with Crippen LogP contribution in [0, 0.1) is 16.2 Å². The van der Waals surface area contributed by atoms with Gasteiger partial charge in [0.25, 0.3) is 0 Å². The van der Waals surface area contributed by atoms with E-state index >= 15 is 0 Å². The van der Waals surface area contributed by atoms with Crippen molar-refractivity contribution in [3.8, 4) is 0 Å². The second kappa shape index (κ2) is 22.3. The Morgan fingerprint density at radius 3 is 0.730 bits per heavy atom. The molecule has 0 aromatic carbocycles. The van der Waals surface area contributed by atoms with E-state index in [2.05, 4.69) is 0 Å². The molecular weight excluding hydrogens is 564 g/mol. The normalized spacial score (nSPS) is 10.5. The van der Waals surface area contributed by atoms with Crippen LogP contribution in [-0.4, -0.2) is 47.0 Å². The van der Waals surface area contributed by atoms with Gasteiger partial charge in [0.05, 0.1) is 0 Å². The van der Waals surface area contributed by atoms with E-state index in [1.165, 1.54) is 0 Å². The number of carbonyl (C=O) groups is 6. The number of ketones is 3. The molecule has 0 rings (SSSR count). The van der Waals surface area contributed by atoms with Gasteiger partial charge in [-0.15, -0.1) is 0 Å². The molecule has 37 heavy (non-hydrogen) atoms. The van der Waals surface area contributed by atoms with Gasteiger partial charge in [0.1, 0.15) is 17.3 Å². The summed E-state index contributed by atoms with van der Waals surface area (Å²) in [6.45, 7) is 18.9. The molecule has 0 atom stereocenters. The summed E-state index contributed by atoms with van der Waals surface area (Å²) < 4.78 is 0. The fourth-order valence-electron chi connectivity index (χ4n) is 2.44. The van der Waals surface area contributed by atoms with Gasteiger partial charge < -0.3 is 34.8 Å². The first-order chi connectivity index (χ1) is 15.8. The van der Waals surface area contributed by atoms with Crippen LogP contribution in [-0.2, 0) is 55.0 Å². The van der Waals surface area contributed by atoms with E-state index in [4.69, 9.17) is 5.11 Å². The van der Waals surface area contributed by atoms with E-state index in [1.54, 1.807) is 6.92 Å². The third-order valence-electron chi connectivity index (χ3n) is 3.21. The maximum Gasteiger partial charge on any atom is 3.00 e. The molecule has 11 heteroatoms. The largest absolute Gasteiger partial charge is 3.00 e. The Labute approximate surface area is 240 Å². The number of aliphatic carboxylic acids is 3. The average molecular weight is 609 g/mol. The fourth-order valence-corrected chi connectivity index (χ4v) is 2.44. The average Bonchev–Trinajstić information content (AvgIpc) is 2.48. The van der Waals surface area contributed by atoms with Crippen molar-refractivity contribution in [1.29, 1.82) is 0 Å². The second-order valence-corrected chi connectivity index (χ2v) is 11.8. The van der Waals surface area contributed by atoms with Gasteiger partial charge in [0, 0.05) is 63.0 Å². The zero-order chi connectivity index (χ0) is 29.9. The summed E-state index contributed by atoms with van der Waals surface area (Å²) in [6, 6.07) is 0. The second-order valence-electron chi connectivity index (χ2n) is 11.8. The van der Waals surface area contributed by atoms with Crippen molar-refractivity contribution in [2.45, 2.75) is 108 Å². The van der Waals surface area contributed by atoms with Gasteiger partial charge in [-0.1, -0.05) is 62.3 Å². The first-order valence-electron chi connectivity index (χ1n) is 11.6. The Balaban J connectivity index is -0.000000129. The molecule has 0 aromatic heterocycles. The molecule has 0 unspecified atom stereocenters. The molecule has 213 valence electrons. The molecule has 1 radical (unpaired) electrons. The summed E-state index contributed by atoms with van der Waals surface area (Å²) in [5.74, 6) is -4.68. The molecular formula is C26H45O10Zr. The molecule has 0 aliphatic carbocycles. The molecule has 0 spiro atoms. The topological polar surface area (TPSA) is 192 Å². The van der Waals surface area contributed by atoms with Crippen molar-refractivity contribution in [2.24, 2.45) is 16.2 Å². The Morgan fingerprint density at radius 1 is 0.514 bits per heavy atom. The smallest absolute Gasteiger partial charge is 0.550 e. The fraction of sp³-hybridized carbons (Fsp3) is 0.769. The van der Waals surface area contributed by atoms with Gasteiger partial charge in [0.15, 0.2) is 0 Å². The summed E-state index contributed by atoms with van der Waals surface area (Å²) in [5.41, 5.74) is -0.397. The molecule has 1 N–H and O–H groups in total. The van der Waals surface area contributed by atoms with Crippen molar-refractivity contribution in [3.05, 3.63) is 0 Å². The Morgan fingerprint density at radius 2 is 0.649 bits per heavy atom. The van der Waals surface area contributed by atoms with Gasteiger partial charge in [-0.3, -0.25) is 14.4 Å². The Kier molecular flexibility index (Phi) is 27.2. The minimum absolute atomic E-state index is 0. The van der Waals surface area contributed by atoms with Gasteiger partial charge in [0.2, 0.25) is 0 Å². The third kappa shape index (κ3) is 55.9. The number of aliphatic hydroxyl groups is 1. The van der Waals surface area contributed by atoms with E-state index in [1.807, 2.05) is 62.3 Å². The number of carbonyl (C=O) groups excluding carboxylic acids is 6. The summed E-state index contributed by atoms with van der Waals surface area (Å²) in [5, 5.41) is 37.5. The van der Waals surface area contributed by atoms with E-state index in [0.717, 1.165) is 0 Å². The van der Waals surface area contributed by atoms with Crippen molar-refractivity contribution in [3.63, 3.8) is 0 Å². The molecule has 0 aliphatic heterocycles. The predicted octanol–water partition coefficient (Wildman–Crippen LogP) is 0.391. The van der Waals surface area contributed by atoms with Crippen LogP contribution in [0.15, 0.2) is 0 Å². The molecule has 0 heterocycles. The molecule has 0 aliphatic rings. The molecule has 0 aromatic rings. The van der Waals surface area contributed by atoms with Crippen molar-refractivity contribution in [1.82, 2.24) is 0 Å². The maximum absolute atomic E-state index is 10.8. The predicted molar refractivity (Wildman–Crippen MR) is 129 cm³/mol. The molecule has 0 saturated carbocycles. The minimum Gasteiger partial charge on any atom is -0.550 e. The van der Waals surface area contributed by atoms with E-state index < -0.39 is 37.2 Å². The van der Waals surface area contributed by atoms with E-state index in [0.29, 0.717) is 19.3 Å². The number of aliphatic hydroxyl groups excluding tert-OH is 1. The quantitative estimate of drug-likeness (QED) is 0.358. The molecule has 0 bridgehead atoms. The van der Waals surface area contributed by atoms with Crippen LogP contribution in [0.5, 0.6) is 0 Å². The van der Waals surface area contributed by atoms with Crippen LogP contribution in [0.25, 0.3) is 0 Å². The number of carboxylic acids is 3. The maximum atomic E-state index is 10.8. The Bertz CT molecular complexity index is 613. The van der Waals surface area contributed by atoms with E-state index in [9.17, 15) is 44.1 Å². The summed E-state index contributed by atoms with van der Waals surface area (Å²) in [7, 11) is 0. The molecule has 0 saturated heterocycles. The number of rotatable bonds is 9. The first kappa shape index (κ1) is 45.2. The number of Topliss-reactive ketones (excluding diaryl/α,β-unsaturated/α-hetero) is 3. The van der Waals surface area contributed by atoms with Crippen molar-refractivity contribution >= 4 is 35.3 Å². The van der Waals surface area contributed by atoms with Crippen LogP contribution in [0.4, 0.5) is 0 Å². The number of hydrogen-bond donors (Lipinski definition) is 1. The van der Waals surface area contributed by atoms with Gasteiger partial charge >= 0.3 is 26.2 Å². The Hall–Kier alpha value is -1.74.